The Morgan fingerprint density at radius 1 is 1.00 bits per heavy atom. The molecule has 154 valence electrons. The van der Waals surface area contributed by atoms with Gasteiger partial charge >= 0.3 is 0 Å². The maximum absolute atomic E-state index is 12.3. The smallest absolute Gasteiger partial charge is 0.276 e. The number of nitro groups is 1. The van der Waals surface area contributed by atoms with Crippen LogP contribution in [-0.2, 0) is 16.0 Å². The third kappa shape index (κ3) is 6.91. The summed E-state index contributed by atoms with van der Waals surface area (Å²) in [6.45, 7) is 5.72. The fourth-order valence-electron chi connectivity index (χ4n) is 2.65. The number of amides is 2. The third-order valence-electron chi connectivity index (χ3n) is 4.26. The van der Waals surface area contributed by atoms with E-state index in [1.165, 1.54) is 29.8 Å². The summed E-state index contributed by atoms with van der Waals surface area (Å²) in [6, 6.07) is 13.2. The Balaban J connectivity index is 1.78. The van der Waals surface area contributed by atoms with Crippen LogP contribution in [0.25, 0.3) is 0 Å². The van der Waals surface area contributed by atoms with E-state index in [0.29, 0.717) is 11.7 Å². The lowest BCUT2D eigenvalue weighted by Gasteiger charge is -2.14. The lowest BCUT2D eigenvalue weighted by Crippen LogP contribution is -2.45. The largest absolute Gasteiger partial charge is 0.484 e. The second-order valence-corrected chi connectivity index (χ2v) is 7.14. The number of benzene rings is 2. The molecule has 0 aliphatic carbocycles. The van der Waals surface area contributed by atoms with E-state index in [4.69, 9.17) is 4.74 Å². The van der Waals surface area contributed by atoms with Gasteiger partial charge in [-0.25, -0.2) is 0 Å². The molecule has 1 unspecified atom stereocenters. The molecule has 8 nitrogen and oxygen atoms in total. The minimum absolute atomic E-state index is 0.0692. The Labute approximate surface area is 169 Å². The van der Waals surface area contributed by atoms with Crippen molar-refractivity contribution in [3.05, 3.63) is 69.8 Å². The second-order valence-electron chi connectivity index (χ2n) is 7.14. The fourth-order valence-corrected chi connectivity index (χ4v) is 2.65. The van der Waals surface area contributed by atoms with Crippen LogP contribution in [0.1, 0.15) is 37.8 Å². The Bertz CT molecular complexity index is 848. The number of rotatable bonds is 8. The Kier molecular flexibility index (Phi) is 7.70. The molecule has 2 aromatic rings. The first-order chi connectivity index (χ1) is 13.8. The maximum atomic E-state index is 12.3. The molecule has 0 radical (unpaired) electrons. The van der Waals surface area contributed by atoms with Crippen LogP contribution in [0.15, 0.2) is 48.5 Å². The minimum Gasteiger partial charge on any atom is -0.484 e. The van der Waals surface area contributed by atoms with Gasteiger partial charge in [0.2, 0.25) is 5.91 Å². The molecule has 0 aromatic heterocycles. The first-order valence-corrected chi connectivity index (χ1v) is 9.31. The molecule has 0 fully saturated rings. The summed E-state index contributed by atoms with van der Waals surface area (Å²) in [5.41, 5.74) is 6.68. The summed E-state index contributed by atoms with van der Waals surface area (Å²) in [6.07, 6.45) is 0.978. The number of non-ortho nitro benzene ring substituents is 1. The predicted molar refractivity (Wildman–Crippen MR) is 108 cm³/mol. The molecule has 8 heteroatoms. The average Bonchev–Trinajstić information content (AvgIpc) is 2.70. The highest BCUT2D eigenvalue weighted by Crippen LogP contribution is 2.18. The number of hydrogen-bond acceptors (Lipinski definition) is 5. The first-order valence-electron chi connectivity index (χ1n) is 9.31. The Hall–Kier alpha value is -3.42. The number of nitrogens with zero attached hydrogens (tertiary/aromatic N) is 1. The highest BCUT2D eigenvalue weighted by Gasteiger charge is 2.16. The molecule has 0 spiro atoms. The van der Waals surface area contributed by atoms with Crippen LogP contribution in [-0.4, -0.2) is 23.3 Å². The molecule has 0 saturated carbocycles. The molecular formula is C21H25N3O5. The Morgan fingerprint density at radius 3 is 2.17 bits per heavy atom. The first kappa shape index (κ1) is 21.9. The molecule has 0 aliphatic heterocycles. The molecule has 29 heavy (non-hydrogen) atoms. The van der Waals surface area contributed by atoms with Gasteiger partial charge in [-0.1, -0.05) is 38.1 Å². The third-order valence-corrected chi connectivity index (χ3v) is 4.26. The highest BCUT2D eigenvalue weighted by molar-refractivity contribution is 5.86. The van der Waals surface area contributed by atoms with Gasteiger partial charge in [0.1, 0.15) is 5.75 Å². The molecular weight excluding hydrogens is 374 g/mol. The molecule has 0 heterocycles. The van der Waals surface area contributed by atoms with E-state index < -0.39 is 16.7 Å². The molecule has 0 bridgehead atoms. The van der Waals surface area contributed by atoms with Crippen LogP contribution in [0.5, 0.6) is 5.75 Å². The number of hydrogen-bond donors (Lipinski definition) is 2. The van der Waals surface area contributed by atoms with E-state index >= 15 is 0 Å². The number of nitrogens with one attached hydrogen (secondary N) is 2. The van der Waals surface area contributed by atoms with Gasteiger partial charge < -0.3 is 4.74 Å². The van der Waals surface area contributed by atoms with Gasteiger partial charge in [0.05, 0.1) is 10.8 Å². The van der Waals surface area contributed by atoms with E-state index in [2.05, 4.69) is 24.7 Å². The summed E-state index contributed by atoms with van der Waals surface area (Å²) >= 11 is 0. The van der Waals surface area contributed by atoms with Crippen LogP contribution >= 0.6 is 0 Å². The lowest BCUT2D eigenvalue weighted by atomic mass is 9.96. The monoisotopic (exact) mass is 399 g/mol. The standard InChI is InChI=1S/C21H25N3O5/c1-14(2)12-16-4-6-17(7-5-16)15(3)21(26)23-22-20(25)13-29-19-10-8-18(9-11-19)24(27)28/h4-11,14-15H,12-13H2,1-3H3,(H,22,25)(H,23,26). The number of carbonyl (C=O) groups is 2. The van der Waals surface area contributed by atoms with Crippen molar-refractivity contribution >= 4 is 17.5 Å². The van der Waals surface area contributed by atoms with Crippen LogP contribution in [0.4, 0.5) is 5.69 Å². The molecule has 2 amide bonds. The van der Waals surface area contributed by atoms with Gasteiger partial charge in [0.25, 0.3) is 11.6 Å². The van der Waals surface area contributed by atoms with E-state index in [1.54, 1.807) is 6.92 Å². The average molecular weight is 399 g/mol. The van der Waals surface area contributed by atoms with Gasteiger partial charge in [-0.15, -0.1) is 0 Å². The zero-order valence-corrected chi connectivity index (χ0v) is 16.7. The van der Waals surface area contributed by atoms with Gasteiger partial charge in [0.15, 0.2) is 6.61 Å². The zero-order chi connectivity index (χ0) is 21.4. The van der Waals surface area contributed by atoms with Crippen molar-refractivity contribution < 1.29 is 19.2 Å². The molecule has 0 aliphatic rings. The van der Waals surface area contributed by atoms with Gasteiger partial charge in [-0.05, 0) is 42.5 Å². The quantitative estimate of drug-likeness (QED) is 0.523. The van der Waals surface area contributed by atoms with Crippen LogP contribution < -0.4 is 15.6 Å². The van der Waals surface area contributed by atoms with Crippen molar-refractivity contribution in [2.45, 2.75) is 33.1 Å². The van der Waals surface area contributed by atoms with Gasteiger partial charge in [0, 0.05) is 12.1 Å². The van der Waals surface area contributed by atoms with E-state index in [1.807, 2.05) is 24.3 Å². The summed E-state index contributed by atoms with van der Waals surface area (Å²) < 4.78 is 5.24. The van der Waals surface area contributed by atoms with Crippen molar-refractivity contribution in [1.29, 1.82) is 0 Å². The molecule has 2 aromatic carbocycles. The summed E-state index contributed by atoms with van der Waals surface area (Å²) in [7, 11) is 0. The van der Waals surface area contributed by atoms with E-state index in [0.717, 1.165) is 12.0 Å². The maximum Gasteiger partial charge on any atom is 0.276 e. The van der Waals surface area contributed by atoms with E-state index in [-0.39, 0.29) is 18.2 Å². The molecule has 2 rings (SSSR count). The minimum atomic E-state index is -0.545. The van der Waals surface area contributed by atoms with Crippen LogP contribution in [0.3, 0.4) is 0 Å². The molecule has 0 saturated heterocycles. The molecule has 2 N–H and O–H groups in total. The van der Waals surface area contributed by atoms with Crippen molar-refractivity contribution in [3.63, 3.8) is 0 Å². The topological polar surface area (TPSA) is 111 Å². The number of nitro benzene ring substituents is 1. The molecule has 1 atom stereocenters. The van der Waals surface area contributed by atoms with Crippen molar-refractivity contribution in [2.24, 2.45) is 5.92 Å². The highest BCUT2D eigenvalue weighted by atomic mass is 16.6. The van der Waals surface area contributed by atoms with Gasteiger partial charge in [-0.3, -0.25) is 30.6 Å². The summed E-state index contributed by atoms with van der Waals surface area (Å²) in [5, 5.41) is 10.6. The van der Waals surface area contributed by atoms with Crippen molar-refractivity contribution in [2.75, 3.05) is 6.61 Å². The number of ether oxygens (including phenoxy) is 1. The second kappa shape index (κ2) is 10.2. The lowest BCUT2D eigenvalue weighted by molar-refractivity contribution is -0.384. The number of carbonyl (C=O) groups excluding carboxylic acids is 2. The van der Waals surface area contributed by atoms with Crippen LogP contribution in [0, 0.1) is 16.0 Å². The van der Waals surface area contributed by atoms with Crippen molar-refractivity contribution in [3.8, 4) is 5.75 Å². The zero-order valence-electron chi connectivity index (χ0n) is 16.7. The van der Waals surface area contributed by atoms with Crippen LogP contribution in [0.2, 0.25) is 0 Å². The normalized spacial score (nSPS) is 11.6. The van der Waals surface area contributed by atoms with Gasteiger partial charge in [-0.2, -0.15) is 0 Å². The van der Waals surface area contributed by atoms with Crippen molar-refractivity contribution in [1.82, 2.24) is 10.9 Å². The van der Waals surface area contributed by atoms with E-state index in [9.17, 15) is 19.7 Å². The Morgan fingerprint density at radius 2 is 1.62 bits per heavy atom. The summed E-state index contributed by atoms with van der Waals surface area (Å²) in [5.74, 6) is -0.447. The summed E-state index contributed by atoms with van der Waals surface area (Å²) in [4.78, 5) is 34.2. The predicted octanol–water partition coefficient (Wildman–Crippen LogP) is 3.12. The SMILES string of the molecule is CC(C)Cc1ccc(C(C)C(=O)NNC(=O)COc2ccc([N+](=O)[O-])cc2)cc1. The fraction of sp³-hybridized carbons (Fsp3) is 0.333. The number of hydrazine groups is 1.